The molecule has 0 aliphatic heterocycles. The lowest BCUT2D eigenvalue weighted by Crippen LogP contribution is -2.25. The van der Waals surface area contributed by atoms with Crippen molar-refractivity contribution in [3.05, 3.63) is 54.5 Å². The predicted octanol–water partition coefficient (Wildman–Crippen LogP) is 3.31. The first-order valence-corrected chi connectivity index (χ1v) is 7.59. The van der Waals surface area contributed by atoms with E-state index in [1.165, 1.54) is 4.68 Å². The number of halogens is 2. The molecule has 0 unspecified atom stereocenters. The Morgan fingerprint density at radius 1 is 1.43 bits per heavy atom. The number of hydrogen-bond acceptors (Lipinski definition) is 3. The van der Waals surface area contributed by atoms with Crippen LogP contribution in [0.15, 0.2) is 29.2 Å². The Bertz CT molecular complexity index is 771. The number of aromatic carboxylic acids is 1. The molecule has 21 heavy (non-hydrogen) atoms. The van der Waals surface area contributed by atoms with Crippen LogP contribution in [0.4, 0.5) is 0 Å². The minimum Gasteiger partial charge on any atom is -0.476 e. The van der Waals surface area contributed by atoms with E-state index in [4.69, 9.17) is 16.7 Å². The minimum absolute atomic E-state index is 0.102. The van der Waals surface area contributed by atoms with Gasteiger partial charge in [-0.15, -0.1) is 0 Å². The molecule has 0 saturated carbocycles. The van der Waals surface area contributed by atoms with Crippen molar-refractivity contribution >= 4 is 40.2 Å². The van der Waals surface area contributed by atoms with Crippen LogP contribution in [0.1, 0.15) is 35.8 Å². The van der Waals surface area contributed by atoms with Gasteiger partial charge in [0.2, 0.25) is 11.1 Å². The Balaban J connectivity index is 2.75. The number of nitrogens with zero attached hydrogens (tertiary/aromatic N) is 2. The molecular weight excluding hydrogens is 407 g/mol. The lowest BCUT2D eigenvalue weighted by atomic mass is 10.0. The fourth-order valence-corrected chi connectivity index (χ4v) is 2.97. The van der Waals surface area contributed by atoms with Gasteiger partial charge in [-0.25, -0.2) is 9.48 Å². The van der Waals surface area contributed by atoms with Gasteiger partial charge in [0.1, 0.15) is 0 Å². The molecule has 0 fully saturated rings. The van der Waals surface area contributed by atoms with Crippen molar-refractivity contribution in [2.24, 2.45) is 0 Å². The largest absolute Gasteiger partial charge is 0.476 e. The Morgan fingerprint density at radius 3 is 2.62 bits per heavy atom. The van der Waals surface area contributed by atoms with Gasteiger partial charge >= 0.3 is 5.97 Å². The second kappa shape index (κ2) is 6.15. The molecule has 0 bridgehead atoms. The summed E-state index contributed by atoms with van der Waals surface area (Å²) in [5.74, 6) is -1.44. The van der Waals surface area contributed by atoms with Crippen LogP contribution in [0.5, 0.6) is 0 Å². The van der Waals surface area contributed by atoms with Crippen LogP contribution in [0.3, 0.4) is 0 Å². The van der Waals surface area contributed by atoms with Gasteiger partial charge in [0.25, 0.3) is 0 Å². The maximum atomic E-state index is 12.1. The summed E-state index contributed by atoms with van der Waals surface area (Å²) in [5.41, 5.74) is 0.0576. The molecule has 5 nitrogen and oxygen atoms in total. The highest BCUT2D eigenvalue weighted by atomic mass is 127. The first-order valence-electron chi connectivity index (χ1n) is 6.14. The van der Waals surface area contributed by atoms with E-state index >= 15 is 0 Å². The van der Waals surface area contributed by atoms with E-state index in [0.29, 0.717) is 16.3 Å². The van der Waals surface area contributed by atoms with Crippen molar-refractivity contribution in [3.63, 3.8) is 0 Å². The Morgan fingerprint density at radius 2 is 2.10 bits per heavy atom. The molecule has 0 aliphatic rings. The summed E-state index contributed by atoms with van der Waals surface area (Å²) in [5, 5.41) is 13.7. The summed E-state index contributed by atoms with van der Waals surface area (Å²) >= 11 is 8.00. The summed E-state index contributed by atoms with van der Waals surface area (Å²) in [6, 6.07) is 5.17. The smallest absolute Gasteiger partial charge is 0.360 e. The molecule has 7 heteroatoms. The molecule has 1 aromatic carbocycles. The molecule has 0 amide bonds. The lowest BCUT2D eigenvalue weighted by Gasteiger charge is -2.12. The van der Waals surface area contributed by atoms with Gasteiger partial charge in [-0.2, -0.15) is 5.10 Å². The number of aromatic nitrogens is 2. The molecule has 0 spiro atoms. The average molecular weight is 419 g/mol. The maximum absolute atomic E-state index is 12.1. The van der Waals surface area contributed by atoms with Gasteiger partial charge in [-0.3, -0.25) is 4.79 Å². The highest BCUT2D eigenvalue weighted by Gasteiger charge is 2.18. The zero-order chi connectivity index (χ0) is 15.7. The molecular formula is C14H12ClIN2O3. The third kappa shape index (κ3) is 3.26. The maximum Gasteiger partial charge on any atom is 0.360 e. The van der Waals surface area contributed by atoms with Gasteiger partial charge < -0.3 is 5.11 Å². The lowest BCUT2D eigenvalue weighted by molar-refractivity contribution is 0.0686. The van der Waals surface area contributed by atoms with Crippen LogP contribution < -0.4 is 5.43 Å². The van der Waals surface area contributed by atoms with Gasteiger partial charge in [-0.05, 0) is 46.7 Å². The third-order valence-corrected chi connectivity index (χ3v) is 4.03. The van der Waals surface area contributed by atoms with Crippen LogP contribution in [0, 0.1) is 3.57 Å². The predicted molar refractivity (Wildman–Crippen MR) is 88.6 cm³/mol. The summed E-state index contributed by atoms with van der Waals surface area (Å²) < 4.78 is 2.22. The number of benzene rings is 1. The summed E-state index contributed by atoms with van der Waals surface area (Å²) in [6.07, 6.45) is 1.57. The van der Waals surface area contributed by atoms with Crippen molar-refractivity contribution in [2.75, 3.05) is 0 Å². The second-order valence-electron chi connectivity index (χ2n) is 4.76. The molecule has 1 N–H and O–H groups in total. The number of rotatable bonds is 3. The van der Waals surface area contributed by atoms with E-state index in [2.05, 4.69) is 27.7 Å². The standard InChI is InChI=1S/C14H12ClIN2O3/c1-7(2)9-6-18(17-12(13(9)19)14(20)21)11-4-3-8(15)5-10(11)16/h3-7H,1-2H3,(H,20,21). The summed E-state index contributed by atoms with van der Waals surface area (Å²) in [6.45, 7) is 3.67. The van der Waals surface area contributed by atoms with E-state index in [0.717, 1.165) is 3.57 Å². The fraction of sp³-hybridized carbons (Fsp3) is 0.214. The molecule has 1 heterocycles. The number of carboxylic acids is 1. The zero-order valence-corrected chi connectivity index (χ0v) is 14.2. The molecule has 1 aromatic heterocycles. The summed E-state index contributed by atoms with van der Waals surface area (Å²) in [4.78, 5) is 23.3. The first kappa shape index (κ1) is 16.0. The van der Waals surface area contributed by atoms with Gasteiger partial charge in [0.05, 0.1) is 5.69 Å². The van der Waals surface area contributed by atoms with E-state index in [-0.39, 0.29) is 5.92 Å². The zero-order valence-electron chi connectivity index (χ0n) is 11.3. The van der Waals surface area contributed by atoms with Crippen LogP contribution in [0.25, 0.3) is 5.69 Å². The minimum atomic E-state index is -1.33. The van der Waals surface area contributed by atoms with E-state index in [1.807, 2.05) is 13.8 Å². The Kier molecular flexibility index (Phi) is 4.67. The van der Waals surface area contributed by atoms with Crippen molar-refractivity contribution in [2.45, 2.75) is 19.8 Å². The SMILES string of the molecule is CC(C)c1cn(-c2ccc(Cl)cc2I)nc(C(=O)O)c1=O. The van der Waals surface area contributed by atoms with Gasteiger partial charge in [0.15, 0.2) is 0 Å². The van der Waals surface area contributed by atoms with Crippen molar-refractivity contribution < 1.29 is 9.90 Å². The molecule has 2 aromatic rings. The quantitative estimate of drug-likeness (QED) is 0.776. The molecule has 0 atom stereocenters. The topological polar surface area (TPSA) is 72.2 Å². The van der Waals surface area contributed by atoms with Crippen molar-refractivity contribution in [1.29, 1.82) is 0 Å². The molecule has 0 radical (unpaired) electrons. The monoisotopic (exact) mass is 418 g/mol. The van der Waals surface area contributed by atoms with Crippen LogP contribution in [-0.2, 0) is 0 Å². The molecule has 2 rings (SSSR count). The Hall–Kier alpha value is -1.41. The Labute approximate surface area is 139 Å². The van der Waals surface area contributed by atoms with Gasteiger partial charge in [-0.1, -0.05) is 25.4 Å². The molecule has 0 aliphatic carbocycles. The second-order valence-corrected chi connectivity index (χ2v) is 6.36. The number of hydrogen-bond donors (Lipinski definition) is 1. The highest BCUT2D eigenvalue weighted by molar-refractivity contribution is 14.1. The molecule has 110 valence electrons. The number of carbonyl (C=O) groups is 1. The van der Waals surface area contributed by atoms with Crippen LogP contribution in [-0.4, -0.2) is 20.9 Å². The normalized spacial score (nSPS) is 10.9. The first-order chi connectivity index (χ1) is 9.81. The van der Waals surface area contributed by atoms with Crippen LogP contribution in [0.2, 0.25) is 5.02 Å². The highest BCUT2D eigenvalue weighted by Crippen LogP contribution is 2.21. The van der Waals surface area contributed by atoms with Crippen molar-refractivity contribution in [1.82, 2.24) is 9.78 Å². The number of carboxylic acid groups (broad SMARTS) is 1. The van der Waals surface area contributed by atoms with E-state index in [9.17, 15) is 9.59 Å². The summed E-state index contributed by atoms with van der Waals surface area (Å²) in [7, 11) is 0. The third-order valence-electron chi connectivity index (χ3n) is 2.93. The van der Waals surface area contributed by atoms with E-state index in [1.54, 1.807) is 24.4 Å². The van der Waals surface area contributed by atoms with E-state index < -0.39 is 17.1 Å². The average Bonchev–Trinajstić information content (AvgIpc) is 2.38. The van der Waals surface area contributed by atoms with Crippen molar-refractivity contribution in [3.8, 4) is 5.69 Å². The van der Waals surface area contributed by atoms with Gasteiger partial charge in [0, 0.05) is 20.4 Å². The fourth-order valence-electron chi connectivity index (χ4n) is 1.85. The van der Waals surface area contributed by atoms with Crippen LogP contribution >= 0.6 is 34.2 Å². The molecule has 0 saturated heterocycles.